The lowest BCUT2D eigenvalue weighted by Gasteiger charge is -2.15. The van der Waals surface area contributed by atoms with Crippen LogP contribution in [0.2, 0.25) is 0 Å². The van der Waals surface area contributed by atoms with E-state index in [1.165, 1.54) is 20.3 Å². The lowest BCUT2D eigenvalue weighted by molar-refractivity contribution is 0.353. The fourth-order valence-electron chi connectivity index (χ4n) is 2.83. The third-order valence-electron chi connectivity index (χ3n) is 4.23. The maximum atomic E-state index is 13.1. The second kappa shape index (κ2) is 8.67. The summed E-state index contributed by atoms with van der Waals surface area (Å²) >= 11 is 3.32. The first-order valence-corrected chi connectivity index (χ1v) is 10.8. The van der Waals surface area contributed by atoms with Crippen molar-refractivity contribution in [1.82, 2.24) is 0 Å². The van der Waals surface area contributed by atoms with Crippen LogP contribution in [0.4, 0.5) is 5.69 Å². The summed E-state index contributed by atoms with van der Waals surface area (Å²) in [6.45, 7) is 0. The van der Waals surface area contributed by atoms with Crippen LogP contribution in [-0.4, -0.2) is 22.6 Å². The highest BCUT2D eigenvalue weighted by molar-refractivity contribution is 9.10. The van der Waals surface area contributed by atoms with Crippen LogP contribution in [0.25, 0.3) is 0 Å². The lowest BCUT2D eigenvalue weighted by Crippen LogP contribution is -2.15. The minimum Gasteiger partial charge on any atom is -0.493 e. The Labute approximate surface area is 173 Å². The molecule has 0 aliphatic carbocycles. The number of hydrogen-bond donors (Lipinski definition) is 1. The minimum absolute atomic E-state index is 0.0691. The Morgan fingerprint density at radius 3 is 2.18 bits per heavy atom. The fourth-order valence-corrected chi connectivity index (χ4v) is 4.97. The number of hydrogen-bond acceptors (Lipinski definition) is 4. The molecule has 0 atom stereocenters. The van der Waals surface area contributed by atoms with Crippen molar-refractivity contribution in [2.24, 2.45) is 0 Å². The van der Waals surface area contributed by atoms with E-state index in [1.807, 2.05) is 42.5 Å². The van der Waals surface area contributed by atoms with Gasteiger partial charge in [0.05, 0.1) is 19.9 Å². The van der Waals surface area contributed by atoms with E-state index < -0.39 is 10.0 Å². The molecule has 0 spiro atoms. The third kappa shape index (κ3) is 4.48. The highest BCUT2D eigenvalue weighted by Crippen LogP contribution is 2.36. The smallest absolute Gasteiger partial charge is 0.263 e. The molecule has 0 unspecified atom stereocenters. The first-order valence-electron chi connectivity index (χ1n) is 8.51. The Balaban J connectivity index is 1.96. The van der Waals surface area contributed by atoms with Crippen molar-refractivity contribution in [2.75, 3.05) is 18.9 Å². The van der Waals surface area contributed by atoms with Crippen molar-refractivity contribution in [1.29, 1.82) is 0 Å². The standard InChI is InChI=1S/C21H20BrNO4S/c1-26-19-13-17(22)21(14-20(19)27-2)28(24,25)23-18-11-7-6-10-16(18)12-15-8-4-3-5-9-15/h3-11,13-14,23H,12H2,1-2H3. The van der Waals surface area contributed by atoms with Crippen LogP contribution >= 0.6 is 15.9 Å². The summed E-state index contributed by atoms with van der Waals surface area (Å²) in [7, 11) is -0.889. The van der Waals surface area contributed by atoms with Crippen molar-refractivity contribution in [2.45, 2.75) is 11.3 Å². The minimum atomic E-state index is -3.85. The maximum absolute atomic E-state index is 13.1. The fraction of sp³-hybridized carbons (Fsp3) is 0.143. The first kappa shape index (κ1) is 20.2. The van der Waals surface area contributed by atoms with Gasteiger partial charge in [-0.05, 0) is 45.6 Å². The van der Waals surface area contributed by atoms with Gasteiger partial charge in [-0.1, -0.05) is 48.5 Å². The number of ether oxygens (including phenoxy) is 2. The van der Waals surface area contributed by atoms with Gasteiger partial charge in [0.1, 0.15) is 4.90 Å². The summed E-state index contributed by atoms with van der Waals surface area (Å²) in [5.41, 5.74) is 2.52. The molecular formula is C21H20BrNO4S. The van der Waals surface area contributed by atoms with E-state index in [0.717, 1.165) is 11.1 Å². The molecule has 28 heavy (non-hydrogen) atoms. The van der Waals surface area contributed by atoms with Crippen LogP contribution < -0.4 is 14.2 Å². The molecule has 0 aromatic heterocycles. The van der Waals surface area contributed by atoms with Gasteiger partial charge in [0.15, 0.2) is 11.5 Å². The molecule has 0 heterocycles. The highest BCUT2D eigenvalue weighted by Gasteiger charge is 2.22. The average molecular weight is 462 g/mol. The predicted octanol–water partition coefficient (Wildman–Crippen LogP) is 4.86. The highest BCUT2D eigenvalue weighted by atomic mass is 79.9. The van der Waals surface area contributed by atoms with Gasteiger partial charge < -0.3 is 9.47 Å². The van der Waals surface area contributed by atoms with Gasteiger partial charge in [-0.3, -0.25) is 4.72 Å². The number of rotatable bonds is 7. The molecular weight excluding hydrogens is 442 g/mol. The molecule has 0 amide bonds. The van der Waals surface area contributed by atoms with Crippen molar-refractivity contribution in [3.63, 3.8) is 0 Å². The second-order valence-electron chi connectivity index (χ2n) is 6.06. The molecule has 0 saturated heterocycles. The van der Waals surface area contributed by atoms with Crippen molar-refractivity contribution < 1.29 is 17.9 Å². The number of sulfonamides is 1. The summed E-state index contributed by atoms with van der Waals surface area (Å²) in [6.07, 6.45) is 0.618. The number of halogens is 1. The van der Waals surface area contributed by atoms with Gasteiger partial charge in [0.2, 0.25) is 0 Å². The summed E-state index contributed by atoms with van der Waals surface area (Å²) in [4.78, 5) is 0.0691. The summed E-state index contributed by atoms with van der Waals surface area (Å²) in [5.74, 6) is 0.779. The Hall–Kier alpha value is -2.51. The molecule has 0 aliphatic heterocycles. The monoisotopic (exact) mass is 461 g/mol. The van der Waals surface area contributed by atoms with E-state index >= 15 is 0 Å². The zero-order valence-corrected chi connectivity index (χ0v) is 17.9. The number of methoxy groups -OCH3 is 2. The molecule has 1 N–H and O–H groups in total. The van der Waals surface area contributed by atoms with Crippen molar-refractivity contribution >= 4 is 31.6 Å². The molecule has 146 valence electrons. The molecule has 0 aliphatic rings. The quantitative estimate of drug-likeness (QED) is 0.545. The van der Waals surface area contributed by atoms with Crippen LogP contribution in [0, 0.1) is 0 Å². The molecule has 0 fully saturated rings. The van der Waals surface area contributed by atoms with Gasteiger partial charge in [-0.15, -0.1) is 0 Å². The maximum Gasteiger partial charge on any atom is 0.263 e. The third-order valence-corrected chi connectivity index (χ3v) is 6.55. The Morgan fingerprint density at radius 1 is 0.893 bits per heavy atom. The number of para-hydroxylation sites is 1. The lowest BCUT2D eigenvalue weighted by atomic mass is 10.0. The Morgan fingerprint density at radius 2 is 1.50 bits per heavy atom. The van der Waals surface area contributed by atoms with Crippen LogP contribution in [0.1, 0.15) is 11.1 Å². The van der Waals surface area contributed by atoms with E-state index in [1.54, 1.807) is 18.2 Å². The Kier molecular flexibility index (Phi) is 6.26. The van der Waals surface area contributed by atoms with Gasteiger partial charge >= 0.3 is 0 Å². The largest absolute Gasteiger partial charge is 0.493 e. The predicted molar refractivity (Wildman–Crippen MR) is 114 cm³/mol. The number of anilines is 1. The SMILES string of the molecule is COc1cc(Br)c(S(=O)(=O)Nc2ccccc2Cc2ccccc2)cc1OC. The molecule has 0 bridgehead atoms. The van der Waals surface area contributed by atoms with Crippen molar-refractivity contribution in [3.8, 4) is 11.5 Å². The zero-order valence-electron chi connectivity index (χ0n) is 15.5. The van der Waals surface area contributed by atoms with E-state index in [9.17, 15) is 8.42 Å². The summed E-state index contributed by atoms with van der Waals surface area (Å²) in [6, 6.07) is 20.3. The average Bonchev–Trinajstić information content (AvgIpc) is 2.69. The van der Waals surface area contributed by atoms with Crippen molar-refractivity contribution in [3.05, 3.63) is 82.3 Å². The van der Waals surface area contributed by atoms with Gasteiger partial charge in [-0.25, -0.2) is 8.42 Å². The molecule has 5 nitrogen and oxygen atoms in total. The number of nitrogens with one attached hydrogen (secondary N) is 1. The number of benzene rings is 3. The topological polar surface area (TPSA) is 64.6 Å². The van der Waals surface area contributed by atoms with Crippen LogP contribution in [0.3, 0.4) is 0 Å². The second-order valence-corrected chi connectivity index (χ2v) is 8.57. The van der Waals surface area contributed by atoms with E-state index in [4.69, 9.17) is 9.47 Å². The van der Waals surface area contributed by atoms with Crippen LogP contribution in [0.15, 0.2) is 76.1 Å². The van der Waals surface area contributed by atoms with E-state index in [2.05, 4.69) is 20.7 Å². The normalized spacial score (nSPS) is 11.1. The molecule has 3 aromatic carbocycles. The summed E-state index contributed by atoms with van der Waals surface area (Å²) in [5, 5.41) is 0. The molecule has 7 heteroatoms. The first-order chi connectivity index (χ1) is 13.4. The molecule has 3 rings (SSSR count). The zero-order chi connectivity index (χ0) is 20.1. The molecule has 0 saturated carbocycles. The molecule has 0 radical (unpaired) electrons. The van der Waals surface area contributed by atoms with E-state index in [0.29, 0.717) is 28.1 Å². The Bertz CT molecular complexity index is 1070. The summed E-state index contributed by atoms with van der Waals surface area (Å²) < 4.78 is 39.7. The van der Waals surface area contributed by atoms with Gasteiger partial charge in [-0.2, -0.15) is 0 Å². The van der Waals surface area contributed by atoms with Crippen LogP contribution in [-0.2, 0) is 16.4 Å². The van der Waals surface area contributed by atoms with E-state index in [-0.39, 0.29) is 4.90 Å². The molecule has 3 aromatic rings. The van der Waals surface area contributed by atoms with Crippen LogP contribution in [0.5, 0.6) is 11.5 Å². The van der Waals surface area contributed by atoms with Gasteiger partial charge in [0, 0.05) is 10.5 Å². The van der Waals surface area contributed by atoms with Gasteiger partial charge in [0.25, 0.3) is 10.0 Å².